The monoisotopic (exact) mass is 369 g/mol. The fourth-order valence-electron chi connectivity index (χ4n) is 3.83. The van der Waals surface area contributed by atoms with Crippen LogP contribution in [0.1, 0.15) is 20.3 Å². The number of rotatable bonds is 3. The number of aromatic nitrogens is 1. The molecule has 7 heteroatoms. The molecule has 1 atom stereocenters. The smallest absolute Gasteiger partial charge is 0.211 e. The Kier molecular flexibility index (Phi) is 4.35. The molecule has 1 aromatic heterocycles. The van der Waals surface area contributed by atoms with E-state index in [-0.39, 0.29) is 11.5 Å². The highest BCUT2D eigenvalue weighted by atomic mass is 35.5. The molecule has 1 aliphatic heterocycles. The Labute approximate surface area is 148 Å². The summed E-state index contributed by atoms with van der Waals surface area (Å²) in [6.45, 7) is 5.83. The molecule has 2 heterocycles. The molecule has 1 unspecified atom stereocenters. The van der Waals surface area contributed by atoms with E-state index >= 15 is 0 Å². The van der Waals surface area contributed by atoms with Gasteiger partial charge in [-0.2, -0.15) is 0 Å². The van der Waals surface area contributed by atoms with Crippen molar-refractivity contribution in [3.8, 4) is 0 Å². The first-order valence-corrected chi connectivity index (χ1v) is 10.3. The van der Waals surface area contributed by atoms with Crippen LogP contribution >= 0.6 is 11.6 Å². The normalized spacial score (nSPS) is 21.6. The molecule has 0 radical (unpaired) electrons. The van der Waals surface area contributed by atoms with E-state index in [4.69, 9.17) is 11.6 Å². The van der Waals surface area contributed by atoms with E-state index in [2.05, 4.69) is 29.8 Å². The van der Waals surface area contributed by atoms with E-state index in [9.17, 15) is 8.42 Å². The fourth-order valence-corrected chi connectivity index (χ4v) is 4.90. The van der Waals surface area contributed by atoms with Gasteiger partial charge >= 0.3 is 0 Å². The second-order valence-electron chi connectivity index (χ2n) is 7.36. The number of fused-ring (bicyclic) bond motifs is 1. The van der Waals surface area contributed by atoms with Crippen molar-refractivity contribution in [1.29, 1.82) is 0 Å². The van der Waals surface area contributed by atoms with E-state index in [1.54, 1.807) is 7.05 Å². The summed E-state index contributed by atoms with van der Waals surface area (Å²) >= 11 is 6.28. The summed E-state index contributed by atoms with van der Waals surface area (Å²) in [5, 5.41) is 1.85. The Morgan fingerprint density at radius 1 is 1.38 bits per heavy atom. The number of aromatic amines is 1. The summed E-state index contributed by atoms with van der Waals surface area (Å²) < 4.78 is 25.4. The van der Waals surface area contributed by atoms with Crippen molar-refractivity contribution in [3.63, 3.8) is 0 Å². The molecule has 0 aliphatic carbocycles. The molecule has 0 amide bonds. The van der Waals surface area contributed by atoms with Crippen molar-refractivity contribution in [2.75, 3.05) is 31.3 Å². The lowest BCUT2D eigenvalue weighted by molar-refractivity contribution is 0.151. The average molecular weight is 370 g/mol. The van der Waals surface area contributed by atoms with Crippen LogP contribution in [0.5, 0.6) is 0 Å². The third-order valence-electron chi connectivity index (χ3n) is 5.09. The minimum absolute atomic E-state index is 0.00958. The number of piperidine rings is 1. The van der Waals surface area contributed by atoms with Gasteiger partial charge in [0.1, 0.15) is 0 Å². The summed E-state index contributed by atoms with van der Waals surface area (Å²) in [5.74, 6) is 0. The van der Waals surface area contributed by atoms with Crippen molar-refractivity contribution in [1.82, 2.24) is 9.29 Å². The fraction of sp³-hybridized carbons (Fsp3) is 0.529. The van der Waals surface area contributed by atoms with Gasteiger partial charge in [0.15, 0.2) is 0 Å². The maximum absolute atomic E-state index is 11.9. The summed E-state index contributed by atoms with van der Waals surface area (Å²) in [5.41, 5.74) is 1.96. The largest absolute Gasteiger partial charge is 0.370 e. The molecule has 0 spiro atoms. The van der Waals surface area contributed by atoms with Gasteiger partial charge in [0.25, 0.3) is 0 Å². The molecule has 0 saturated carbocycles. The van der Waals surface area contributed by atoms with Crippen LogP contribution < -0.4 is 4.90 Å². The SMILES string of the molecule is CN(C1CCN(c2cc(Cl)cc3[nH]ccc23)CC1(C)C)S(C)(=O)=O. The molecule has 1 fully saturated rings. The Morgan fingerprint density at radius 3 is 2.71 bits per heavy atom. The molecule has 0 bridgehead atoms. The van der Waals surface area contributed by atoms with Gasteiger partial charge in [0.05, 0.1) is 6.26 Å². The third kappa shape index (κ3) is 3.15. The van der Waals surface area contributed by atoms with Crippen molar-refractivity contribution in [3.05, 3.63) is 29.4 Å². The van der Waals surface area contributed by atoms with E-state index in [0.717, 1.165) is 36.1 Å². The number of sulfonamides is 1. The lowest BCUT2D eigenvalue weighted by Gasteiger charge is -2.48. The van der Waals surface area contributed by atoms with Crippen LogP contribution in [0, 0.1) is 5.41 Å². The first-order chi connectivity index (χ1) is 11.1. The van der Waals surface area contributed by atoms with Gasteiger partial charge in [-0.05, 0) is 30.0 Å². The molecule has 1 aromatic carbocycles. The minimum atomic E-state index is -3.20. The van der Waals surface area contributed by atoms with Gasteiger partial charge in [-0.1, -0.05) is 25.4 Å². The zero-order valence-corrected chi connectivity index (χ0v) is 16.1. The van der Waals surface area contributed by atoms with Crippen LogP contribution in [0.2, 0.25) is 5.02 Å². The standard InChI is InChI=1S/C17H24ClN3O2S/c1-17(2)11-21(8-6-16(17)20(3)24(4,22)23)15-10-12(18)9-14-13(15)5-7-19-14/h5,7,9-10,16,19H,6,8,11H2,1-4H3. The van der Waals surface area contributed by atoms with Crippen LogP contribution in [0.4, 0.5) is 5.69 Å². The number of anilines is 1. The topological polar surface area (TPSA) is 56.4 Å². The number of halogens is 1. The summed E-state index contributed by atoms with van der Waals surface area (Å²) in [7, 11) is -1.52. The highest BCUT2D eigenvalue weighted by molar-refractivity contribution is 7.88. The predicted molar refractivity (Wildman–Crippen MR) is 100 cm³/mol. The van der Waals surface area contributed by atoms with Gasteiger partial charge < -0.3 is 9.88 Å². The molecular weight excluding hydrogens is 346 g/mol. The van der Waals surface area contributed by atoms with Crippen LogP contribution in [-0.2, 0) is 10.0 Å². The average Bonchev–Trinajstić information content (AvgIpc) is 2.91. The molecule has 3 rings (SSSR count). The predicted octanol–water partition coefficient (Wildman–Crippen LogP) is 3.32. The Morgan fingerprint density at radius 2 is 2.08 bits per heavy atom. The second-order valence-corrected chi connectivity index (χ2v) is 9.84. The number of hydrogen-bond donors (Lipinski definition) is 1. The Hall–Kier alpha value is -1.24. The van der Waals surface area contributed by atoms with Crippen molar-refractivity contribution in [2.24, 2.45) is 5.41 Å². The summed E-state index contributed by atoms with van der Waals surface area (Å²) in [6, 6.07) is 5.97. The van der Waals surface area contributed by atoms with Crippen LogP contribution in [0.15, 0.2) is 24.4 Å². The number of nitrogens with zero attached hydrogens (tertiary/aromatic N) is 2. The van der Waals surface area contributed by atoms with E-state index < -0.39 is 10.0 Å². The Bertz CT molecular complexity index is 860. The highest BCUT2D eigenvalue weighted by Gasteiger charge is 2.41. The molecule has 24 heavy (non-hydrogen) atoms. The molecule has 2 aromatic rings. The zero-order chi connectivity index (χ0) is 17.7. The quantitative estimate of drug-likeness (QED) is 0.902. The molecule has 1 aliphatic rings. The molecule has 5 nitrogen and oxygen atoms in total. The van der Waals surface area contributed by atoms with Crippen molar-refractivity contribution in [2.45, 2.75) is 26.3 Å². The zero-order valence-electron chi connectivity index (χ0n) is 14.5. The second kappa shape index (κ2) is 5.93. The van der Waals surface area contributed by atoms with E-state index in [1.807, 2.05) is 18.3 Å². The van der Waals surface area contributed by atoms with Crippen LogP contribution in [0.25, 0.3) is 10.9 Å². The minimum Gasteiger partial charge on any atom is -0.370 e. The highest BCUT2D eigenvalue weighted by Crippen LogP contribution is 2.38. The third-order valence-corrected chi connectivity index (χ3v) is 6.61. The lowest BCUT2D eigenvalue weighted by atomic mass is 9.79. The maximum atomic E-state index is 11.9. The van der Waals surface area contributed by atoms with Crippen LogP contribution in [-0.4, -0.2) is 50.1 Å². The number of benzene rings is 1. The maximum Gasteiger partial charge on any atom is 0.211 e. The van der Waals surface area contributed by atoms with Gasteiger partial charge in [0, 0.05) is 54.0 Å². The van der Waals surface area contributed by atoms with Crippen molar-refractivity contribution < 1.29 is 8.42 Å². The molecular formula is C17H24ClN3O2S. The number of nitrogens with one attached hydrogen (secondary N) is 1. The number of hydrogen-bond acceptors (Lipinski definition) is 3. The van der Waals surface area contributed by atoms with Crippen LogP contribution in [0.3, 0.4) is 0 Å². The van der Waals surface area contributed by atoms with Gasteiger partial charge in [-0.3, -0.25) is 0 Å². The number of H-pyrrole nitrogens is 1. The molecule has 1 saturated heterocycles. The van der Waals surface area contributed by atoms with Gasteiger partial charge in [-0.15, -0.1) is 0 Å². The molecule has 132 valence electrons. The molecule has 1 N–H and O–H groups in total. The lowest BCUT2D eigenvalue weighted by Crippen LogP contribution is -2.56. The first kappa shape index (κ1) is 17.6. The van der Waals surface area contributed by atoms with Gasteiger partial charge in [0.2, 0.25) is 10.0 Å². The van der Waals surface area contributed by atoms with Crippen molar-refractivity contribution >= 4 is 38.2 Å². The first-order valence-electron chi connectivity index (χ1n) is 8.04. The Balaban J connectivity index is 1.93. The summed E-state index contributed by atoms with van der Waals surface area (Å²) in [4.78, 5) is 5.52. The summed E-state index contributed by atoms with van der Waals surface area (Å²) in [6.07, 6.45) is 3.98. The van der Waals surface area contributed by atoms with Gasteiger partial charge in [-0.25, -0.2) is 12.7 Å². The van der Waals surface area contributed by atoms with E-state index in [1.165, 1.54) is 10.6 Å². The van der Waals surface area contributed by atoms with E-state index in [0.29, 0.717) is 5.02 Å².